The van der Waals surface area contributed by atoms with Crippen molar-refractivity contribution in [2.45, 2.75) is 25.3 Å². The van der Waals surface area contributed by atoms with Crippen LogP contribution in [-0.4, -0.2) is 35.3 Å². The first kappa shape index (κ1) is 22.1. The molecule has 3 aromatic rings. The standard InChI is InChI=1S/C26H25BrN2O3/c1-26(28-24(30)20-8-6-9-21(27)18-20)14-16-29(25(26)31)15-13-19-7-5-12-23(17-19)32-22-10-3-2-4-11-22/h2-12,17-18H,13-16H2,1H3,(H,28,30). The maximum absolute atomic E-state index is 13.1. The molecule has 0 aromatic heterocycles. The molecule has 0 spiro atoms. The van der Waals surface area contributed by atoms with Crippen LogP contribution in [0.4, 0.5) is 0 Å². The van der Waals surface area contributed by atoms with Crippen molar-refractivity contribution in [3.05, 3.63) is 94.5 Å². The van der Waals surface area contributed by atoms with Crippen molar-refractivity contribution in [3.8, 4) is 11.5 Å². The number of ether oxygens (including phenoxy) is 1. The number of nitrogens with zero attached hydrogens (tertiary/aromatic N) is 1. The van der Waals surface area contributed by atoms with Gasteiger partial charge in [-0.1, -0.05) is 52.3 Å². The zero-order valence-corrected chi connectivity index (χ0v) is 19.5. The number of hydrogen-bond acceptors (Lipinski definition) is 3. The molecular formula is C26H25BrN2O3. The van der Waals surface area contributed by atoms with Gasteiger partial charge in [-0.2, -0.15) is 0 Å². The van der Waals surface area contributed by atoms with Gasteiger partial charge in [-0.15, -0.1) is 0 Å². The second-order valence-corrected chi connectivity index (χ2v) is 9.07. The fraction of sp³-hybridized carbons (Fsp3) is 0.231. The van der Waals surface area contributed by atoms with Gasteiger partial charge in [0.2, 0.25) is 5.91 Å². The predicted molar refractivity (Wildman–Crippen MR) is 128 cm³/mol. The van der Waals surface area contributed by atoms with Crippen molar-refractivity contribution in [1.29, 1.82) is 0 Å². The predicted octanol–water partition coefficient (Wildman–Crippen LogP) is 5.20. The zero-order valence-electron chi connectivity index (χ0n) is 17.9. The third-order valence-corrected chi connectivity index (χ3v) is 6.16. The van der Waals surface area contributed by atoms with Gasteiger partial charge in [0.05, 0.1) is 0 Å². The number of carbonyl (C=O) groups is 2. The highest BCUT2D eigenvalue weighted by atomic mass is 79.9. The van der Waals surface area contributed by atoms with Crippen LogP contribution < -0.4 is 10.1 Å². The molecule has 164 valence electrons. The fourth-order valence-corrected chi connectivity index (χ4v) is 4.25. The molecule has 1 unspecified atom stereocenters. The Morgan fingerprint density at radius 3 is 2.56 bits per heavy atom. The van der Waals surface area contributed by atoms with Gasteiger partial charge in [0.15, 0.2) is 0 Å². The monoisotopic (exact) mass is 492 g/mol. The number of amides is 2. The van der Waals surface area contributed by atoms with Crippen molar-refractivity contribution in [3.63, 3.8) is 0 Å². The molecule has 1 N–H and O–H groups in total. The van der Waals surface area contributed by atoms with E-state index in [9.17, 15) is 9.59 Å². The van der Waals surface area contributed by atoms with Crippen LogP contribution in [0.1, 0.15) is 29.3 Å². The summed E-state index contributed by atoms with van der Waals surface area (Å²) >= 11 is 3.38. The normalized spacial score (nSPS) is 17.9. The van der Waals surface area contributed by atoms with Gasteiger partial charge in [-0.25, -0.2) is 0 Å². The van der Waals surface area contributed by atoms with Crippen LogP contribution in [0.3, 0.4) is 0 Å². The van der Waals surface area contributed by atoms with E-state index in [2.05, 4.69) is 21.2 Å². The fourth-order valence-electron chi connectivity index (χ4n) is 3.85. The van der Waals surface area contributed by atoms with E-state index in [1.165, 1.54) is 0 Å². The van der Waals surface area contributed by atoms with Crippen molar-refractivity contribution >= 4 is 27.7 Å². The van der Waals surface area contributed by atoms with Crippen molar-refractivity contribution < 1.29 is 14.3 Å². The van der Waals surface area contributed by atoms with Gasteiger partial charge >= 0.3 is 0 Å². The maximum atomic E-state index is 13.1. The van der Waals surface area contributed by atoms with E-state index in [0.717, 1.165) is 21.5 Å². The summed E-state index contributed by atoms with van der Waals surface area (Å²) in [6.07, 6.45) is 1.30. The van der Waals surface area contributed by atoms with Crippen LogP contribution in [0, 0.1) is 0 Å². The Labute approximate surface area is 196 Å². The van der Waals surface area contributed by atoms with Gasteiger partial charge in [0, 0.05) is 23.1 Å². The summed E-state index contributed by atoms with van der Waals surface area (Å²) in [5.41, 5.74) is 0.734. The number of rotatable bonds is 7. The Morgan fingerprint density at radius 1 is 1.03 bits per heavy atom. The summed E-state index contributed by atoms with van der Waals surface area (Å²) in [7, 11) is 0. The van der Waals surface area contributed by atoms with E-state index in [1.54, 1.807) is 25.1 Å². The quantitative estimate of drug-likeness (QED) is 0.492. The lowest BCUT2D eigenvalue weighted by atomic mass is 10.00. The summed E-state index contributed by atoms with van der Waals surface area (Å²) in [6, 6.07) is 24.7. The molecule has 0 aliphatic carbocycles. The third kappa shape index (κ3) is 5.19. The molecule has 4 rings (SSSR count). The number of carbonyl (C=O) groups excluding carboxylic acids is 2. The first-order valence-corrected chi connectivity index (χ1v) is 11.4. The van der Waals surface area contributed by atoms with Gasteiger partial charge < -0.3 is 15.0 Å². The van der Waals surface area contributed by atoms with Crippen LogP contribution >= 0.6 is 15.9 Å². The first-order chi connectivity index (χ1) is 15.4. The molecule has 0 saturated carbocycles. The number of nitrogens with one attached hydrogen (secondary N) is 1. The number of para-hydroxylation sites is 1. The highest BCUT2D eigenvalue weighted by Gasteiger charge is 2.43. The van der Waals surface area contributed by atoms with E-state index in [1.807, 2.05) is 65.6 Å². The summed E-state index contributed by atoms with van der Waals surface area (Å²) < 4.78 is 6.73. The molecule has 1 aliphatic rings. The molecule has 1 fully saturated rings. The lowest BCUT2D eigenvalue weighted by Gasteiger charge is -2.25. The molecule has 0 bridgehead atoms. The Kier molecular flexibility index (Phi) is 6.61. The molecule has 1 aliphatic heterocycles. The maximum Gasteiger partial charge on any atom is 0.252 e. The van der Waals surface area contributed by atoms with E-state index in [4.69, 9.17) is 4.74 Å². The Bertz CT molecular complexity index is 1120. The SMILES string of the molecule is CC1(NC(=O)c2cccc(Br)c2)CCN(CCc2cccc(Oc3ccccc3)c2)C1=O. The number of halogens is 1. The Morgan fingerprint density at radius 2 is 1.78 bits per heavy atom. The molecule has 5 nitrogen and oxygen atoms in total. The minimum atomic E-state index is -0.891. The van der Waals surface area contributed by atoms with E-state index < -0.39 is 5.54 Å². The van der Waals surface area contributed by atoms with Gasteiger partial charge in [-0.3, -0.25) is 9.59 Å². The molecule has 1 heterocycles. The molecule has 1 atom stereocenters. The van der Waals surface area contributed by atoms with E-state index in [0.29, 0.717) is 31.5 Å². The number of benzene rings is 3. The van der Waals surface area contributed by atoms with Crippen molar-refractivity contribution in [1.82, 2.24) is 10.2 Å². The highest BCUT2D eigenvalue weighted by molar-refractivity contribution is 9.10. The number of hydrogen-bond donors (Lipinski definition) is 1. The molecule has 0 radical (unpaired) electrons. The second kappa shape index (κ2) is 9.57. The average Bonchev–Trinajstić information content (AvgIpc) is 3.07. The van der Waals surface area contributed by atoms with Crippen molar-refractivity contribution in [2.75, 3.05) is 13.1 Å². The van der Waals surface area contributed by atoms with Crippen LogP contribution in [-0.2, 0) is 11.2 Å². The van der Waals surface area contributed by atoms with Gasteiger partial charge in [-0.05, 0) is 67.8 Å². The van der Waals surface area contributed by atoms with E-state index in [-0.39, 0.29) is 11.8 Å². The molecule has 1 saturated heterocycles. The Hall–Kier alpha value is -3.12. The highest BCUT2D eigenvalue weighted by Crippen LogP contribution is 2.25. The topological polar surface area (TPSA) is 58.6 Å². The largest absolute Gasteiger partial charge is 0.457 e. The number of likely N-dealkylation sites (tertiary alicyclic amines) is 1. The van der Waals surface area contributed by atoms with Crippen LogP contribution in [0.15, 0.2) is 83.3 Å². The molecule has 32 heavy (non-hydrogen) atoms. The molecule has 3 aromatic carbocycles. The smallest absolute Gasteiger partial charge is 0.252 e. The Balaban J connectivity index is 1.35. The van der Waals surface area contributed by atoms with Gasteiger partial charge in [0.25, 0.3) is 5.91 Å². The minimum absolute atomic E-state index is 0.0439. The molecule has 2 amide bonds. The summed E-state index contributed by atoms with van der Waals surface area (Å²) in [6.45, 7) is 3.02. The minimum Gasteiger partial charge on any atom is -0.457 e. The lowest BCUT2D eigenvalue weighted by molar-refractivity contribution is -0.132. The lowest BCUT2D eigenvalue weighted by Crippen LogP contribution is -2.52. The summed E-state index contributed by atoms with van der Waals surface area (Å²) in [5.74, 6) is 1.27. The summed E-state index contributed by atoms with van der Waals surface area (Å²) in [4.78, 5) is 27.6. The van der Waals surface area contributed by atoms with Gasteiger partial charge in [0.1, 0.15) is 17.0 Å². The molecular weight excluding hydrogens is 468 g/mol. The van der Waals surface area contributed by atoms with E-state index >= 15 is 0 Å². The van der Waals surface area contributed by atoms with Crippen molar-refractivity contribution in [2.24, 2.45) is 0 Å². The zero-order chi connectivity index (χ0) is 22.6. The average molecular weight is 493 g/mol. The second-order valence-electron chi connectivity index (χ2n) is 8.15. The van der Waals surface area contributed by atoms with Crippen LogP contribution in [0.25, 0.3) is 0 Å². The third-order valence-electron chi connectivity index (χ3n) is 5.66. The molecule has 6 heteroatoms. The van der Waals surface area contributed by atoms with Crippen LogP contribution in [0.5, 0.6) is 11.5 Å². The van der Waals surface area contributed by atoms with Crippen LogP contribution in [0.2, 0.25) is 0 Å². The first-order valence-electron chi connectivity index (χ1n) is 10.6. The summed E-state index contributed by atoms with van der Waals surface area (Å²) in [5, 5.41) is 2.94.